The highest BCUT2D eigenvalue weighted by atomic mass is 31.2. The van der Waals surface area contributed by atoms with E-state index in [-0.39, 0.29) is 0 Å². The highest BCUT2D eigenvalue weighted by molar-refractivity contribution is 7.70. The molecule has 0 saturated heterocycles. The Bertz CT molecular complexity index is 338. The zero-order valence-electron chi connectivity index (χ0n) is 8.30. The molecule has 94 valence electrons. The monoisotopic (exact) mass is 272 g/mol. The maximum Gasteiger partial charge on any atom is 0.356 e. The average molecular weight is 272 g/mol. The Labute approximate surface area is 92.3 Å². The third-order valence-corrected chi connectivity index (χ3v) is 5.28. The van der Waals surface area contributed by atoms with E-state index in [1.165, 1.54) is 11.2 Å². The average Bonchev–Trinajstić information content (AvgIpc) is 2.12. The fourth-order valence-corrected chi connectivity index (χ4v) is 3.42. The van der Waals surface area contributed by atoms with Crippen molar-refractivity contribution in [2.45, 2.75) is 18.4 Å². The summed E-state index contributed by atoms with van der Waals surface area (Å²) in [5.74, 6) is 0. The third-order valence-electron chi connectivity index (χ3n) is 1.97. The Morgan fingerprint density at radius 3 is 2.12 bits per heavy atom. The lowest BCUT2D eigenvalue weighted by molar-refractivity contribution is 0.231. The summed E-state index contributed by atoms with van der Waals surface area (Å²) in [7, 11) is -9.83. The molecule has 0 amide bonds. The molecule has 0 atom stereocenters. The van der Waals surface area contributed by atoms with Crippen molar-refractivity contribution in [2.24, 2.45) is 0 Å². The molecular formula is C6H14N2O6P2. The standard InChI is InChI=1S/C6H14N2O6P2/c9-15(10,11)6(16(12,13)14)7-8-4-2-1-3-5-8/h2,4,6-7H,1,3,5H2,(H2,9,10,11)(H2,12,13,14). The molecule has 1 aliphatic rings. The third kappa shape index (κ3) is 3.99. The van der Waals surface area contributed by atoms with E-state index in [0.717, 1.165) is 12.8 Å². The van der Waals surface area contributed by atoms with Gasteiger partial charge < -0.3 is 24.6 Å². The quantitative estimate of drug-likeness (QED) is 0.442. The van der Waals surface area contributed by atoms with Crippen molar-refractivity contribution in [3.05, 3.63) is 12.3 Å². The van der Waals surface area contributed by atoms with E-state index in [1.807, 2.05) is 0 Å². The van der Waals surface area contributed by atoms with Gasteiger partial charge in [-0.2, -0.15) is 0 Å². The summed E-state index contributed by atoms with van der Waals surface area (Å²) in [6.45, 7) is 0.438. The number of hydrogen-bond donors (Lipinski definition) is 5. The minimum Gasteiger partial charge on any atom is -0.323 e. The van der Waals surface area contributed by atoms with Gasteiger partial charge in [-0.3, -0.25) is 9.13 Å². The molecule has 0 aromatic heterocycles. The van der Waals surface area contributed by atoms with Gasteiger partial charge in [0.1, 0.15) is 0 Å². The second-order valence-corrected chi connectivity index (χ2v) is 7.20. The molecule has 1 aliphatic heterocycles. The van der Waals surface area contributed by atoms with Crippen molar-refractivity contribution in [3.8, 4) is 0 Å². The number of nitrogens with zero attached hydrogens (tertiary/aromatic N) is 1. The fourth-order valence-electron chi connectivity index (χ4n) is 1.26. The van der Waals surface area contributed by atoms with Gasteiger partial charge in [-0.25, -0.2) is 5.43 Å². The minimum absolute atomic E-state index is 0.438. The molecule has 0 spiro atoms. The van der Waals surface area contributed by atoms with Crippen LogP contribution in [0.2, 0.25) is 0 Å². The minimum atomic E-state index is -4.91. The Kier molecular flexibility index (Phi) is 4.31. The molecule has 0 aliphatic carbocycles. The topological polar surface area (TPSA) is 130 Å². The first-order valence-electron chi connectivity index (χ1n) is 4.51. The summed E-state index contributed by atoms with van der Waals surface area (Å²) in [4.78, 5) is 35.4. The van der Waals surface area contributed by atoms with E-state index in [2.05, 4.69) is 5.43 Å². The van der Waals surface area contributed by atoms with Gasteiger partial charge in [0.2, 0.25) is 5.52 Å². The molecule has 0 bridgehead atoms. The van der Waals surface area contributed by atoms with Crippen molar-refractivity contribution >= 4 is 15.2 Å². The van der Waals surface area contributed by atoms with E-state index < -0.39 is 20.7 Å². The first-order valence-corrected chi connectivity index (χ1v) is 7.87. The van der Waals surface area contributed by atoms with Crippen LogP contribution >= 0.6 is 15.2 Å². The number of nitrogens with one attached hydrogen (secondary N) is 1. The first kappa shape index (κ1) is 13.9. The second kappa shape index (κ2) is 4.98. The summed E-state index contributed by atoms with van der Waals surface area (Å²) in [5.41, 5.74) is -0.0358. The molecule has 8 nitrogen and oxygen atoms in total. The molecule has 5 N–H and O–H groups in total. The van der Waals surface area contributed by atoms with Crippen molar-refractivity contribution in [2.75, 3.05) is 6.54 Å². The van der Waals surface area contributed by atoms with Crippen molar-refractivity contribution in [1.82, 2.24) is 10.4 Å². The molecule has 1 rings (SSSR count). The Hall–Kier alpha value is -0.200. The van der Waals surface area contributed by atoms with Gasteiger partial charge in [-0.05, 0) is 12.8 Å². The van der Waals surface area contributed by atoms with Gasteiger partial charge in [0.05, 0.1) is 0 Å². The second-order valence-electron chi connectivity index (χ2n) is 3.40. The van der Waals surface area contributed by atoms with E-state index in [0.29, 0.717) is 6.54 Å². The molecule has 0 aromatic carbocycles. The van der Waals surface area contributed by atoms with Gasteiger partial charge >= 0.3 is 15.2 Å². The molecule has 0 unspecified atom stereocenters. The predicted molar refractivity (Wildman–Crippen MR) is 56.1 cm³/mol. The van der Waals surface area contributed by atoms with E-state index >= 15 is 0 Å². The van der Waals surface area contributed by atoms with Crippen LogP contribution in [0.3, 0.4) is 0 Å². The lowest BCUT2D eigenvalue weighted by Crippen LogP contribution is -2.42. The number of rotatable bonds is 4. The lowest BCUT2D eigenvalue weighted by atomic mass is 10.2. The van der Waals surface area contributed by atoms with Crippen LogP contribution in [0, 0.1) is 0 Å². The Morgan fingerprint density at radius 2 is 1.75 bits per heavy atom. The highest BCUT2D eigenvalue weighted by Gasteiger charge is 2.44. The lowest BCUT2D eigenvalue weighted by Gasteiger charge is -2.30. The number of allylic oxidation sites excluding steroid dienone is 1. The summed E-state index contributed by atoms with van der Waals surface area (Å²) >= 11 is 0. The maximum absolute atomic E-state index is 10.9. The smallest absolute Gasteiger partial charge is 0.323 e. The molecular weight excluding hydrogens is 258 g/mol. The predicted octanol–water partition coefficient (Wildman–Crippen LogP) is -0.261. The molecule has 0 saturated carbocycles. The van der Waals surface area contributed by atoms with Gasteiger partial charge in [0, 0.05) is 12.7 Å². The van der Waals surface area contributed by atoms with Gasteiger partial charge in [0.15, 0.2) is 0 Å². The summed E-state index contributed by atoms with van der Waals surface area (Å²) in [6, 6.07) is 0. The van der Waals surface area contributed by atoms with Crippen molar-refractivity contribution < 1.29 is 28.7 Å². The zero-order chi connectivity index (χ0) is 12.4. The van der Waals surface area contributed by atoms with E-state index in [1.54, 1.807) is 6.08 Å². The molecule has 0 aromatic rings. The first-order chi connectivity index (χ1) is 7.21. The largest absolute Gasteiger partial charge is 0.356 e. The Morgan fingerprint density at radius 1 is 1.19 bits per heavy atom. The zero-order valence-corrected chi connectivity index (χ0v) is 10.1. The molecule has 16 heavy (non-hydrogen) atoms. The van der Waals surface area contributed by atoms with Crippen LogP contribution in [-0.2, 0) is 9.13 Å². The molecule has 10 heteroatoms. The van der Waals surface area contributed by atoms with Crippen LogP contribution in [0.25, 0.3) is 0 Å². The normalized spacial score (nSPS) is 18.2. The van der Waals surface area contributed by atoms with Gasteiger partial charge in [0.25, 0.3) is 0 Å². The SMILES string of the molecule is O=P(O)(O)C(NN1C=CCCC1)P(=O)(O)O. The van der Waals surface area contributed by atoms with Crippen molar-refractivity contribution in [3.63, 3.8) is 0 Å². The fraction of sp³-hybridized carbons (Fsp3) is 0.667. The van der Waals surface area contributed by atoms with Crippen LogP contribution in [0.1, 0.15) is 12.8 Å². The number of hydrazine groups is 1. The highest BCUT2D eigenvalue weighted by Crippen LogP contribution is 2.58. The summed E-state index contributed by atoms with van der Waals surface area (Å²) in [5, 5.41) is 1.27. The van der Waals surface area contributed by atoms with Gasteiger partial charge in [-0.15, -0.1) is 0 Å². The van der Waals surface area contributed by atoms with Crippen LogP contribution < -0.4 is 5.43 Å². The van der Waals surface area contributed by atoms with E-state index in [9.17, 15) is 9.13 Å². The Balaban J connectivity index is 2.79. The molecule has 0 fully saturated rings. The van der Waals surface area contributed by atoms with Crippen molar-refractivity contribution in [1.29, 1.82) is 0 Å². The van der Waals surface area contributed by atoms with Crippen LogP contribution in [0.4, 0.5) is 0 Å². The van der Waals surface area contributed by atoms with E-state index in [4.69, 9.17) is 19.6 Å². The van der Waals surface area contributed by atoms with Crippen LogP contribution in [0.5, 0.6) is 0 Å². The summed E-state index contributed by atoms with van der Waals surface area (Å²) in [6.07, 6.45) is 4.82. The number of hydrogen-bond acceptors (Lipinski definition) is 4. The van der Waals surface area contributed by atoms with Crippen LogP contribution in [-0.4, -0.2) is 36.7 Å². The maximum atomic E-state index is 10.9. The molecule has 1 heterocycles. The van der Waals surface area contributed by atoms with Gasteiger partial charge in [-0.1, -0.05) is 6.08 Å². The summed E-state index contributed by atoms with van der Waals surface area (Å²) < 4.78 is 21.9. The van der Waals surface area contributed by atoms with Crippen LogP contribution in [0.15, 0.2) is 12.3 Å². The molecule has 0 radical (unpaired) electrons.